The Bertz CT molecular complexity index is 887. The van der Waals surface area contributed by atoms with Crippen LogP contribution in [0, 0.1) is 18.8 Å². The van der Waals surface area contributed by atoms with E-state index in [4.69, 9.17) is 4.74 Å². The molecule has 0 aliphatic carbocycles. The molecule has 32 heavy (non-hydrogen) atoms. The first kappa shape index (κ1) is 24.7. The first-order valence-corrected chi connectivity index (χ1v) is 12.9. The summed E-state index contributed by atoms with van der Waals surface area (Å²) in [5, 5.41) is 5.79. The lowest BCUT2D eigenvalue weighted by atomic mass is 9.95. The van der Waals surface area contributed by atoms with Crippen molar-refractivity contribution in [2.24, 2.45) is 11.8 Å². The van der Waals surface area contributed by atoms with Crippen LogP contribution in [0.25, 0.3) is 0 Å². The Balaban J connectivity index is 1.53. The van der Waals surface area contributed by atoms with Gasteiger partial charge >= 0.3 is 0 Å². The minimum atomic E-state index is -3.57. The zero-order valence-electron chi connectivity index (χ0n) is 19.2. The molecule has 8 nitrogen and oxygen atoms in total. The number of nitrogens with zero attached hydrogens (tertiary/aromatic N) is 1. The number of sulfonamides is 1. The summed E-state index contributed by atoms with van der Waals surface area (Å²) < 4.78 is 32.7. The van der Waals surface area contributed by atoms with E-state index in [2.05, 4.69) is 10.6 Å². The van der Waals surface area contributed by atoms with Gasteiger partial charge in [-0.3, -0.25) is 9.59 Å². The third-order valence-electron chi connectivity index (χ3n) is 6.26. The van der Waals surface area contributed by atoms with Crippen LogP contribution in [0.1, 0.15) is 45.1 Å². The van der Waals surface area contributed by atoms with Gasteiger partial charge in [-0.2, -0.15) is 4.31 Å². The maximum atomic E-state index is 12.9. The number of hydrogen-bond acceptors (Lipinski definition) is 5. The van der Waals surface area contributed by atoms with Gasteiger partial charge in [-0.25, -0.2) is 8.42 Å². The molecule has 0 aromatic heterocycles. The number of rotatable bonds is 8. The SMILES string of the molecule is Cc1ccc(S(=O)(=O)N2CCC(C(=O)N[C@H](C(=O)NCC3CCCO3)C(C)C)CC2)cc1. The van der Waals surface area contributed by atoms with Gasteiger partial charge in [0.15, 0.2) is 0 Å². The molecule has 2 N–H and O–H groups in total. The average Bonchev–Trinajstić information content (AvgIpc) is 3.29. The number of ether oxygens (including phenoxy) is 1. The zero-order valence-corrected chi connectivity index (χ0v) is 20.0. The molecule has 1 aromatic carbocycles. The van der Waals surface area contributed by atoms with Crippen molar-refractivity contribution in [3.8, 4) is 0 Å². The van der Waals surface area contributed by atoms with E-state index in [0.717, 1.165) is 25.0 Å². The summed E-state index contributed by atoms with van der Waals surface area (Å²) in [6, 6.07) is 6.17. The second-order valence-corrected chi connectivity index (χ2v) is 11.0. The van der Waals surface area contributed by atoms with E-state index in [-0.39, 0.29) is 47.7 Å². The van der Waals surface area contributed by atoms with Crippen LogP contribution in [-0.2, 0) is 24.3 Å². The number of carbonyl (C=O) groups is 2. The summed E-state index contributed by atoms with van der Waals surface area (Å²) in [5.41, 5.74) is 0.999. The highest BCUT2D eigenvalue weighted by Gasteiger charge is 2.34. The Morgan fingerprint density at radius 3 is 2.34 bits per heavy atom. The lowest BCUT2D eigenvalue weighted by Crippen LogP contribution is -2.53. The number of piperidine rings is 1. The monoisotopic (exact) mass is 465 g/mol. The second kappa shape index (κ2) is 10.8. The van der Waals surface area contributed by atoms with Gasteiger partial charge in [0.05, 0.1) is 11.0 Å². The van der Waals surface area contributed by atoms with Gasteiger partial charge in [0, 0.05) is 32.2 Å². The van der Waals surface area contributed by atoms with Gasteiger partial charge in [-0.05, 0) is 50.7 Å². The molecule has 2 aliphatic heterocycles. The number of amides is 2. The molecule has 2 saturated heterocycles. The predicted molar refractivity (Wildman–Crippen MR) is 121 cm³/mol. The Hall–Kier alpha value is -1.97. The topological polar surface area (TPSA) is 105 Å². The Morgan fingerprint density at radius 1 is 1.12 bits per heavy atom. The van der Waals surface area contributed by atoms with Gasteiger partial charge in [-0.1, -0.05) is 31.5 Å². The van der Waals surface area contributed by atoms with Crippen LogP contribution < -0.4 is 10.6 Å². The van der Waals surface area contributed by atoms with Crippen LogP contribution in [0.5, 0.6) is 0 Å². The highest BCUT2D eigenvalue weighted by atomic mass is 32.2. The van der Waals surface area contributed by atoms with E-state index in [0.29, 0.717) is 19.4 Å². The predicted octanol–water partition coefficient (Wildman–Crippen LogP) is 1.83. The molecular formula is C23H35N3O5S. The van der Waals surface area contributed by atoms with Gasteiger partial charge in [-0.15, -0.1) is 0 Å². The molecular weight excluding hydrogens is 430 g/mol. The highest BCUT2D eigenvalue weighted by molar-refractivity contribution is 7.89. The molecule has 0 bridgehead atoms. The van der Waals surface area contributed by atoms with Crippen LogP contribution in [0.4, 0.5) is 0 Å². The van der Waals surface area contributed by atoms with Crippen molar-refractivity contribution in [1.29, 1.82) is 0 Å². The zero-order chi connectivity index (χ0) is 23.3. The highest BCUT2D eigenvalue weighted by Crippen LogP contribution is 2.24. The molecule has 0 saturated carbocycles. The van der Waals surface area contributed by atoms with Crippen molar-refractivity contribution >= 4 is 21.8 Å². The van der Waals surface area contributed by atoms with E-state index in [9.17, 15) is 18.0 Å². The van der Waals surface area contributed by atoms with Crippen LogP contribution >= 0.6 is 0 Å². The van der Waals surface area contributed by atoms with Crippen molar-refractivity contribution < 1.29 is 22.7 Å². The fourth-order valence-corrected chi connectivity index (χ4v) is 5.62. The molecule has 2 fully saturated rings. The molecule has 1 unspecified atom stereocenters. The van der Waals surface area contributed by atoms with Gasteiger partial charge < -0.3 is 15.4 Å². The van der Waals surface area contributed by atoms with Crippen molar-refractivity contribution in [2.45, 2.75) is 63.5 Å². The molecule has 1 aromatic rings. The van der Waals surface area contributed by atoms with Crippen molar-refractivity contribution in [2.75, 3.05) is 26.2 Å². The summed E-state index contributed by atoms with van der Waals surface area (Å²) in [7, 11) is -3.57. The third kappa shape index (κ3) is 6.08. The molecule has 2 aliphatic rings. The number of nitrogens with one attached hydrogen (secondary N) is 2. The Kier molecular flexibility index (Phi) is 8.30. The molecule has 2 heterocycles. The quantitative estimate of drug-likeness (QED) is 0.610. The van der Waals surface area contributed by atoms with Crippen LogP contribution in [0.2, 0.25) is 0 Å². The van der Waals surface area contributed by atoms with Crippen molar-refractivity contribution in [1.82, 2.24) is 14.9 Å². The van der Waals surface area contributed by atoms with Crippen LogP contribution in [-0.4, -0.2) is 62.9 Å². The summed E-state index contributed by atoms with van der Waals surface area (Å²) in [4.78, 5) is 25.8. The van der Waals surface area contributed by atoms with E-state index < -0.39 is 16.1 Å². The minimum Gasteiger partial charge on any atom is -0.376 e. The molecule has 3 rings (SSSR count). The Labute approximate surface area is 191 Å². The summed E-state index contributed by atoms with van der Waals surface area (Å²) in [6.07, 6.45) is 2.84. The molecule has 178 valence electrons. The molecule has 2 amide bonds. The van der Waals surface area contributed by atoms with E-state index in [1.54, 1.807) is 24.3 Å². The van der Waals surface area contributed by atoms with E-state index in [1.165, 1.54) is 4.31 Å². The third-order valence-corrected chi connectivity index (χ3v) is 8.17. The van der Waals surface area contributed by atoms with Crippen molar-refractivity contribution in [3.63, 3.8) is 0 Å². The fraction of sp³-hybridized carbons (Fsp3) is 0.652. The number of carbonyl (C=O) groups excluding carboxylic acids is 2. The maximum Gasteiger partial charge on any atom is 0.243 e. The minimum absolute atomic E-state index is 0.0438. The lowest BCUT2D eigenvalue weighted by molar-refractivity contribution is -0.133. The molecule has 2 atom stereocenters. The van der Waals surface area contributed by atoms with E-state index in [1.807, 2.05) is 20.8 Å². The average molecular weight is 466 g/mol. The smallest absolute Gasteiger partial charge is 0.243 e. The first-order chi connectivity index (χ1) is 15.2. The molecule has 9 heteroatoms. The molecule has 0 radical (unpaired) electrons. The number of benzene rings is 1. The summed E-state index contributed by atoms with van der Waals surface area (Å²) in [6.45, 7) is 7.45. The van der Waals surface area contributed by atoms with E-state index >= 15 is 0 Å². The number of hydrogen-bond donors (Lipinski definition) is 2. The molecule has 0 spiro atoms. The fourth-order valence-electron chi connectivity index (χ4n) is 4.15. The van der Waals surface area contributed by atoms with Crippen LogP contribution in [0.15, 0.2) is 29.2 Å². The number of aryl methyl sites for hydroxylation is 1. The van der Waals surface area contributed by atoms with Crippen LogP contribution in [0.3, 0.4) is 0 Å². The standard InChI is InChI=1S/C23H35N3O5S/c1-16(2)21(23(28)24-15-19-5-4-14-31-19)25-22(27)18-10-12-26(13-11-18)32(29,30)20-8-6-17(3)7-9-20/h6-9,16,18-19,21H,4-5,10-15H2,1-3H3,(H,24,28)(H,25,27)/t19?,21-/m0/s1. The maximum absolute atomic E-state index is 12.9. The summed E-state index contributed by atoms with van der Waals surface area (Å²) in [5.74, 6) is -0.774. The summed E-state index contributed by atoms with van der Waals surface area (Å²) >= 11 is 0. The van der Waals surface area contributed by atoms with Crippen molar-refractivity contribution in [3.05, 3.63) is 29.8 Å². The van der Waals surface area contributed by atoms with Gasteiger partial charge in [0.1, 0.15) is 6.04 Å². The Morgan fingerprint density at radius 2 is 1.78 bits per heavy atom. The largest absolute Gasteiger partial charge is 0.376 e. The first-order valence-electron chi connectivity index (χ1n) is 11.4. The van der Waals surface area contributed by atoms with Gasteiger partial charge in [0.2, 0.25) is 21.8 Å². The van der Waals surface area contributed by atoms with Gasteiger partial charge in [0.25, 0.3) is 0 Å². The lowest BCUT2D eigenvalue weighted by Gasteiger charge is -2.32. The normalized spacial score (nSPS) is 21.4. The second-order valence-electron chi connectivity index (χ2n) is 9.10.